The van der Waals surface area contributed by atoms with Crippen molar-refractivity contribution in [2.75, 3.05) is 18.8 Å². The van der Waals surface area contributed by atoms with Crippen molar-refractivity contribution >= 4 is 28.6 Å². The van der Waals surface area contributed by atoms with Crippen molar-refractivity contribution in [3.8, 4) is 11.5 Å². The first-order valence-corrected chi connectivity index (χ1v) is 10.4. The van der Waals surface area contributed by atoms with Crippen LogP contribution in [-0.2, 0) is 4.79 Å². The van der Waals surface area contributed by atoms with Crippen molar-refractivity contribution in [3.05, 3.63) is 29.5 Å². The van der Waals surface area contributed by atoms with E-state index in [4.69, 9.17) is 4.42 Å². The van der Waals surface area contributed by atoms with Crippen molar-refractivity contribution in [2.45, 2.75) is 44.8 Å². The molecule has 1 N–H and O–H groups in total. The van der Waals surface area contributed by atoms with Gasteiger partial charge >= 0.3 is 0 Å². The van der Waals surface area contributed by atoms with Crippen LogP contribution in [0.25, 0.3) is 22.4 Å². The van der Waals surface area contributed by atoms with Crippen LogP contribution in [0.15, 0.2) is 27.8 Å². The molecule has 0 aliphatic carbocycles. The molecule has 0 bridgehead atoms. The Balaban J connectivity index is 1.44. The van der Waals surface area contributed by atoms with E-state index in [1.165, 1.54) is 30.2 Å². The van der Waals surface area contributed by atoms with Gasteiger partial charge in [-0.15, -0.1) is 10.2 Å². The summed E-state index contributed by atoms with van der Waals surface area (Å²) >= 11 is 1.32. The van der Waals surface area contributed by atoms with Crippen LogP contribution in [0, 0.1) is 13.8 Å². The number of H-pyrrole nitrogens is 1. The third-order valence-corrected chi connectivity index (χ3v) is 6.04. The molecule has 1 saturated heterocycles. The summed E-state index contributed by atoms with van der Waals surface area (Å²) in [5.41, 5.74) is 4.38. The topological polar surface area (TPSA) is 75.0 Å². The number of likely N-dealkylation sites (tertiary alicyclic amines) is 1. The van der Waals surface area contributed by atoms with Crippen LogP contribution in [0.3, 0.4) is 0 Å². The van der Waals surface area contributed by atoms with Gasteiger partial charge in [-0.25, -0.2) is 0 Å². The molecule has 2 aromatic heterocycles. The van der Waals surface area contributed by atoms with Crippen LogP contribution in [0.2, 0.25) is 0 Å². The van der Waals surface area contributed by atoms with Crippen molar-refractivity contribution in [3.63, 3.8) is 0 Å². The normalized spacial score (nSPS) is 15.3. The quantitative estimate of drug-likeness (QED) is 0.678. The van der Waals surface area contributed by atoms with E-state index in [9.17, 15) is 4.79 Å². The lowest BCUT2D eigenvalue weighted by molar-refractivity contribution is -0.128. The summed E-state index contributed by atoms with van der Waals surface area (Å²) in [6.07, 6.45) is 4.63. The molecule has 3 heterocycles. The van der Waals surface area contributed by atoms with E-state index in [0.29, 0.717) is 16.9 Å². The number of aryl methyl sites for hydroxylation is 2. The van der Waals surface area contributed by atoms with Crippen LogP contribution >= 0.6 is 11.8 Å². The minimum Gasteiger partial charge on any atom is -0.411 e. The number of thioether (sulfide) groups is 1. The fourth-order valence-electron chi connectivity index (χ4n) is 3.51. The van der Waals surface area contributed by atoms with E-state index >= 15 is 0 Å². The summed E-state index contributed by atoms with van der Waals surface area (Å²) in [4.78, 5) is 17.7. The molecule has 1 fully saturated rings. The van der Waals surface area contributed by atoms with E-state index in [2.05, 4.69) is 35.1 Å². The number of amides is 1. The standard InChI is InChI=1S/C20H24N4O2S/c1-13-14(2)21-17-8-7-15(11-16(13)17)19-22-23-20(26-19)27-12-18(25)24-9-5-3-4-6-10-24/h7-8,11,21H,3-6,9-10,12H2,1-2H3. The van der Waals surface area contributed by atoms with Gasteiger partial charge in [0.25, 0.3) is 5.22 Å². The molecule has 142 valence electrons. The van der Waals surface area contributed by atoms with E-state index in [1.54, 1.807) is 0 Å². The summed E-state index contributed by atoms with van der Waals surface area (Å²) in [5, 5.41) is 9.87. The molecule has 1 aliphatic rings. The van der Waals surface area contributed by atoms with E-state index in [1.807, 2.05) is 17.0 Å². The molecule has 3 aromatic rings. The van der Waals surface area contributed by atoms with Crippen molar-refractivity contribution in [2.24, 2.45) is 0 Å². The molecule has 1 amide bonds. The minimum atomic E-state index is 0.154. The van der Waals surface area contributed by atoms with Crippen molar-refractivity contribution in [1.82, 2.24) is 20.1 Å². The third-order valence-electron chi connectivity index (χ3n) is 5.24. The summed E-state index contributed by atoms with van der Waals surface area (Å²) in [6, 6.07) is 6.07. The molecule has 0 radical (unpaired) electrons. The van der Waals surface area contributed by atoms with E-state index in [0.717, 1.165) is 48.1 Å². The first-order valence-electron chi connectivity index (χ1n) is 9.45. The van der Waals surface area contributed by atoms with Gasteiger partial charge in [0.15, 0.2) is 0 Å². The Morgan fingerprint density at radius 3 is 2.74 bits per heavy atom. The highest BCUT2D eigenvalue weighted by Crippen LogP contribution is 2.29. The predicted octanol–water partition coefficient (Wildman–Crippen LogP) is 4.33. The van der Waals surface area contributed by atoms with Gasteiger partial charge in [0.1, 0.15) is 0 Å². The van der Waals surface area contributed by atoms with Crippen LogP contribution in [0.5, 0.6) is 0 Å². The third kappa shape index (κ3) is 3.88. The van der Waals surface area contributed by atoms with Crippen molar-refractivity contribution in [1.29, 1.82) is 0 Å². The molecular formula is C20H24N4O2S. The predicted molar refractivity (Wildman–Crippen MR) is 107 cm³/mol. The highest BCUT2D eigenvalue weighted by molar-refractivity contribution is 7.99. The molecule has 1 aliphatic heterocycles. The Hall–Kier alpha value is -2.28. The largest absolute Gasteiger partial charge is 0.411 e. The first kappa shape index (κ1) is 18.1. The molecule has 6 nitrogen and oxygen atoms in total. The molecule has 0 atom stereocenters. The summed E-state index contributed by atoms with van der Waals surface area (Å²) < 4.78 is 5.79. The number of aromatic nitrogens is 3. The number of nitrogens with zero attached hydrogens (tertiary/aromatic N) is 3. The molecule has 0 saturated carbocycles. The van der Waals surface area contributed by atoms with Crippen LogP contribution < -0.4 is 0 Å². The van der Waals surface area contributed by atoms with Gasteiger partial charge < -0.3 is 14.3 Å². The maximum absolute atomic E-state index is 12.4. The number of hydrogen-bond donors (Lipinski definition) is 1. The van der Waals surface area contributed by atoms with E-state index in [-0.39, 0.29) is 5.91 Å². The number of carbonyl (C=O) groups excluding carboxylic acids is 1. The number of hydrogen-bond acceptors (Lipinski definition) is 5. The maximum atomic E-state index is 12.4. The molecule has 27 heavy (non-hydrogen) atoms. The van der Waals surface area contributed by atoms with Gasteiger partial charge in [-0.1, -0.05) is 24.6 Å². The van der Waals surface area contributed by atoms with Gasteiger partial charge in [0, 0.05) is 35.2 Å². The lowest BCUT2D eigenvalue weighted by Crippen LogP contribution is -2.33. The lowest BCUT2D eigenvalue weighted by Gasteiger charge is -2.19. The Labute approximate surface area is 162 Å². The molecule has 0 unspecified atom stereocenters. The van der Waals surface area contributed by atoms with Crippen molar-refractivity contribution < 1.29 is 9.21 Å². The van der Waals surface area contributed by atoms with Crippen LogP contribution in [0.1, 0.15) is 36.9 Å². The highest BCUT2D eigenvalue weighted by Gasteiger charge is 2.18. The number of carbonyl (C=O) groups is 1. The average molecular weight is 385 g/mol. The fraction of sp³-hybridized carbons (Fsp3) is 0.450. The second-order valence-corrected chi connectivity index (χ2v) is 8.02. The molecule has 7 heteroatoms. The van der Waals surface area contributed by atoms with Gasteiger partial charge in [-0.05, 0) is 50.5 Å². The SMILES string of the molecule is Cc1[nH]c2ccc(-c3nnc(SCC(=O)N4CCCCCC4)o3)cc2c1C. The molecular weight excluding hydrogens is 360 g/mol. The van der Waals surface area contributed by atoms with Crippen LogP contribution in [0.4, 0.5) is 0 Å². The Morgan fingerprint density at radius 1 is 1.19 bits per heavy atom. The lowest BCUT2D eigenvalue weighted by atomic mass is 10.1. The zero-order chi connectivity index (χ0) is 18.8. The number of fused-ring (bicyclic) bond motifs is 1. The zero-order valence-electron chi connectivity index (χ0n) is 15.7. The monoisotopic (exact) mass is 384 g/mol. The number of nitrogens with one attached hydrogen (secondary N) is 1. The first-order chi connectivity index (χ1) is 13.1. The summed E-state index contributed by atoms with van der Waals surface area (Å²) in [6.45, 7) is 5.90. The molecule has 4 rings (SSSR count). The second-order valence-electron chi connectivity index (χ2n) is 7.09. The Bertz CT molecular complexity index is 954. The smallest absolute Gasteiger partial charge is 0.277 e. The summed E-state index contributed by atoms with van der Waals surface area (Å²) in [5.74, 6) is 0.984. The van der Waals surface area contributed by atoms with Gasteiger partial charge in [-0.2, -0.15) is 0 Å². The van der Waals surface area contributed by atoms with Gasteiger partial charge in [0.05, 0.1) is 5.75 Å². The fourth-order valence-corrected chi connectivity index (χ4v) is 4.18. The molecule has 1 aromatic carbocycles. The Morgan fingerprint density at radius 2 is 1.96 bits per heavy atom. The van der Waals surface area contributed by atoms with Crippen LogP contribution in [-0.4, -0.2) is 44.8 Å². The average Bonchev–Trinajstić information content (AvgIpc) is 3.13. The highest BCUT2D eigenvalue weighted by atomic mass is 32.2. The van der Waals surface area contributed by atoms with Gasteiger partial charge in [0.2, 0.25) is 11.8 Å². The maximum Gasteiger partial charge on any atom is 0.277 e. The minimum absolute atomic E-state index is 0.154. The number of aromatic amines is 1. The second kappa shape index (κ2) is 7.76. The Kier molecular flexibility index (Phi) is 5.20. The molecule has 0 spiro atoms. The zero-order valence-corrected chi connectivity index (χ0v) is 16.6. The van der Waals surface area contributed by atoms with Gasteiger partial charge in [-0.3, -0.25) is 4.79 Å². The number of benzene rings is 1. The summed E-state index contributed by atoms with van der Waals surface area (Å²) in [7, 11) is 0. The van der Waals surface area contributed by atoms with E-state index < -0.39 is 0 Å². The number of rotatable bonds is 4.